The Hall–Kier alpha value is -2.47. The number of esters is 1. The molecular formula is C21H24O5S. The average Bonchev–Trinajstić information content (AvgIpc) is 2.61. The Morgan fingerprint density at radius 1 is 0.889 bits per heavy atom. The second kappa shape index (κ2) is 8.05. The summed E-state index contributed by atoms with van der Waals surface area (Å²) in [4.78, 5) is 25.9. The number of ketones is 1. The lowest BCUT2D eigenvalue weighted by Crippen LogP contribution is -2.42. The Morgan fingerprint density at radius 2 is 1.37 bits per heavy atom. The maximum absolute atomic E-state index is 13.0. The van der Waals surface area contributed by atoms with E-state index in [9.17, 15) is 18.0 Å². The highest BCUT2D eigenvalue weighted by molar-refractivity contribution is 7.92. The van der Waals surface area contributed by atoms with Crippen molar-refractivity contribution in [2.24, 2.45) is 5.92 Å². The monoisotopic (exact) mass is 388 g/mol. The maximum atomic E-state index is 13.0. The fourth-order valence-electron chi connectivity index (χ4n) is 2.66. The number of rotatable bonds is 6. The van der Waals surface area contributed by atoms with Gasteiger partial charge in [-0.1, -0.05) is 48.5 Å². The van der Waals surface area contributed by atoms with Crippen LogP contribution in [0, 0.1) is 5.92 Å². The third-order valence-electron chi connectivity index (χ3n) is 4.03. The minimum Gasteiger partial charge on any atom is -0.459 e. The molecule has 0 aliphatic rings. The van der Waals surface area contributed by atoms with Crippen molar-refractivity contribution in [3.05, 3.63) is 66.2 Å². The molecule has 6 heteroatoms. The number of ether oxygens (including phenoxy) is 1. The third-order valence-corrected chi connectivity index (χ3v) is 6.21. The van der Waals surface area contributed by atoms with Crippen molar-refractivity contribution in [3.8, 4) is 0 Å². The van der Waals surface area contributed by atoms with Crippen LogP contribution >= 0.6 is 0 Å². The normalized spacial score (nSPS) is 14.2. The zero-order chi connectivity index (χ0) is 20.2. The molecule has 0 aliphatic heterocycles. The standard InChI is InChI=1S/C21H24O5S/c1-15(27(24,25)17-13-9-6-10-14-17)18(20(23)26-21(2,3)4)19(22)16-11-7-5-8-12-16/h5-15,18H,1-4H3/t15-,18+/m1/s1. The van der Waals surface area contributed by atoms with Gasteiger partial charge in [0.15, 0.2) is 15.6 Å². The van der Waals surface area contributed by atoms with Crippen molar-refractivity contribution in [1.29, 1.82) is 0 Å². The number of Topliss-reactive ketones (excluding diaryl/α,β-unsaturated/α-hetero) is 1. The average molecular weight is 388 g/mol. The minimum absolute atomic E-state index is 0.0620. The molecule has 144 valence electrons. The first-order valence-corrected chi connectivity index (χ1v) is 10.2. The number of carbonyl (C=O) groups is 2. The van der Waals surface area contributed by atoms with Crippen molar-refractivity contribution < 1.29 is 22.7 Å². The molecule has 0 aromatic heterocycles. The van der Waals surface area contributed by atoms with Crippen LogP contribution in [0.15, 0.2) is 65.6 Å². The quantitative estimate of drug-likeness (QED) is 0.428. The Morgan fingerprint density at radius 3 is 1.85 bits per heavy atom. The lowest BCUT2D eigenvalue weighted by atomic mass is 9.94. The van der Waals surface area contributed by atoms with Crippen LogP contribution < -0.4 is 0 Å². The first kappa shape index (κ1) is 20.8. The molecule has 0 radical (unpaired) electrons. The molecule has 0 N–H and O–H groups in total. The van der Waals surface area contributed by atoms with E-state index in [1.807, 2.05) is 0 Å². The van der Waals surface area contributed by atoms with Crippen LogP contribution in [0.5, 0.6) is 0 Å². The van der Waals surface area contributed by atoms with Crippen LogP contribution in [0.3, 0.4) is 0 Å². The maximum Gasteiger partial charge on any atom is 0.318 e. The smallest absolute Gasteiger partial charge is 0.318 e. The van der Waals surface area contributed by atoms with Gasteiger partial charge in [0.05, 0.1) is 10.1 Å². The van der Waals surface area contributed by atoms with E-state index >= 15 is 0 Å². The molecule has 0 bridgehead atoms. The first-order chi connectivity index (χ1) is 12.5. The van der Waals surface area contributed by atoms with Crippen LogP contribution in [0.1, 0.15) is 38.1 Å². The molecule has 0 unspecified atom stereocenters. The van der Waals surface area contributed by atoms with Crippen molar-refractivity contribution in [2.45, 2.75) is 43.4 Å². The zero-order valence-electron chi connectivity index (χ0n) is 15.9. The Kier molecular flexibility index (Phi) is 6.21. The van der Waals surface area contributed by atoms with Gasteiger partial charge >= 0.3 is 5.97 Å². The lowest BCUT2D eigenvalue weighted by molar-refractivity contribution is -0.158. The number of sulfone groups is 1. The number of carbonyl (C=O) groups excluding carboxylic acids is 2. The molecule has 0 fully saturated rings. The summed E-state index contributed by atoms with van der Waals surface area (Å²) in [5.41, 5.74) is -0.578. The first-order valence-electron chi connectivity index (χ1n) is 8.65. The summed E-state index contributed by atoms with van der Waals surface area (Å²) < 4.78 is 31.4. The summed E-state index contributed by atoms with van der Waals surface area (Å²) in [5.74, 6) is -2.88. The van der Waals surface area contributed by atoms with Crippen molar-refractivity contribution in [3.63, 3.8) is 0 Å². The molecule has 0 amide bonds. The van der Waals surface area contributed by atoms with E-state index in [0.717, 1.165) is 0 Å². The van der Waals surface area contributed by atoms with Gasteiger partial charge in [0.25, 0.3) is 0 Å². The van der Waals surface area contributed by atoms with E-state index in [-0.39, 0.29) is 10.5 Å². The van der Waals surface area contributed by atoms with E-state index < -0.39 is 38.4 Å². The molecule has 2 rings (SSSR count). The summed E-state index contributed by atoms with van der Waals surface area (Å²) in [6.45, 7) is 6.39. The largest absolute Gasteiger partial charge is 0.459 e. The van der Waals surface area contributed by atoms with Gasteiger partial charge in [0.1, 0.15) is 11.5 Å². The van der Waals surface area contributed by atoms with Crippen LogP contribution in [-0.4, -0.2) is 31.0 Å². The van der Waals surface area contributed by atoms with Gasteiger partial charge in [-0.05, 0) is 39.8 Å². The molecule has 0 saturated heterocycles. The number of hydrogen-bond donors (Lipinski definition) is 0. The van der Waals surface area contributed by atoms with E-state index in [0.29, 0.717) is 0 Å². The van der Waals surface area contributed by atoms with E-state index in [4.69, 9.17) is 4.74 Å². The van der Waals surface area contributed by atoms with Crippen LogP contribution in [0.4, 0.5) is 0 Å². The molecule has 27 heavy (non-hydrogen) atoms. The molecule has 2 aromatic carbocycles. The van der Waals surface area contributed by atoms with E-state index in [2.05, 4.69) is 0 Å². The fourth-order valence-corrected chi connectivity index (χ4v) is 4.22. The second-order valence-electron chi connectivity index (χ2n) is 7.30. The van der Waals surface area contributed by atoms with Gasteiger partial charge in [-0.15, -0.1) is 0 Å². The summed E-state index contributed by atoms with van der Waals surface area (Å²) >= 11 is 0. The Balaban J connectivity index is 2.48. The highest BCUT2D eigenvalue weighted by Gasteiger charge is 2.42. The zero-order valence-corrected chi connectivity index (χ0v) is 16.7. The van der Waals surface area contributed by atoms with E-state index in [1.54, 1.807) is 69.3 Å². The van der Waals surface area contributed by atoms with Gasteiger partial charge in [-0.2, -0.15) is 0 Å². The van der Waals surface area contributed by atoms with Gasteiger partial charge in [0, 0.05) is 5.56 Å². The molecule has 0 spiro atoms. The molecule has 0 aliphatic carbocycles. The Bertz CT molecular complexity index is 897. The molecular weight excluding hydrogens is 364 g/mol. The summed E-state index contributed by atoms with van der Waals surface area (Å²) in [7, 11) is -3.91. The second-order valence-corrected chi connectivity index (χ2v) is 9.61. The van der Waals surface area contributed by atoms with Gasteiger partial charge in [0.2, 0.25) is 0 Å². The molecule has 2 aromatic rings. The van der Waals surface area contributed by atoms with Crippen molar-refractivity contribution in [2.75, 3.05) is 0 Å². The van der Waals surface area contributed by atoms with Crippen molar-refractivity contribution >= 4 is 21.6 Å². The fraction of sp³-hybridized carbons (Fsp3) is 0.333. The lowest BCUT2D eigenvalue weighted by Gasteiger charge is -2.26. The predicted molar refractivity (Wildman–Crippen MR) is 103 cm³/mol. The summed E-state index contributed by atoms with van der Waals surface area (Å²) in [5, 5.41) is -1.28. The molecule has 0 saturated carbocycles. The summed E-state index contributed by atoms with van der Waals surface area (Å²) in [6, 6.07) is 16.0. The van der Waals surface area contributed by atoms with Gasteiger partial charge in [-0.25, -0.2) is 8.42 Å². The Labute approximate surface area is 160 Å². The van der Waals surface area contributed by atoms with Crippen LogP contribution in [0.25, 0.3) is 0 Å². The minimum atomic E-state index is -3.91. The molecule has 0 heterocycles. The van der Waals surface area contributed by atoms with Crippen molar-refractivity contribution in [1.82, 2.24) is 0 Å². The van der Waals surface area contributed by atoms with Crippen LogP contribution in [0.2, 0.25) is 0 Å². The number of benzene rings is 2. The highest BCUT2D eigenvalue weighted by Crippen LogP contribution is 2.27. The highest BCUT2D eigenvalue weighted by atomic mass is 32.2. The van der Waals surface area contributed by atoms with E-state index in [1.165, 1.54) is 19.1 Å². The third kappa shape index (κ3) is 5.04. The SMILES string of the molecule is C[C@H]([C@H](C(=O)OC(C)(C)C)C(=O)c1ccccc1)S(=O)(=O)c1ccccc1. The van der Waals surface area contributed by atoms with Crippen LogP contribution in [-0.2, 0) is 19.4 Å². The van der Waals surface area contributed by atoms with Gasteiger partial charge in [-0.3, -0.25) is 9.59 Å². The molecule has 2 atom stereocenters. The summed E-state index contributed by atoms with van der Waals surface area (Å²) in [6.07, 6.45) is 0. The van der Waals surface area contributed by atoms with Gasteiger partial charge < -0.3 is 4.74 Å². The number of hydrogen-bond acceptors (Lipinski definition) is 5. The topological polar surface area (TPSA) is 77.5 Å². The molecule has 5 nitrogen and oxygen atoms in total. The predicted octanol–water partition coefficient (Wildman–Crippen LogP) is 3.69.